The fourth-order valence-corrected chi connectivity index (χ4v) is 12.2. The van der Waals surface area contributed by atoms with E-state index >= 15 is 0 Å². The number of hydrogen-bond acceptors (Lipinski definition) is 15. The van der Waals surface area contributed by atoms with Crippen LogP contribution in [0.15, 0.2) is 0 Å². The van der Waals surface area contributed by atoms with E-state index in [1.165, 1.54) is 0 Å². The number of rotatable bonds is 29. The number of amides is 2. The first-order chi connectivity index (χ1) is 29.6. The first-order valence-electron chi connectivity index (χ1n) is 22.9. The van der Waals surface area contributed by atoms with Crippen LogP contribution in [0, 0.1) is 46.3 Å². The zero-order valence-corrected chi connectivity index (χ0v) is 37.2. The highest BCUT2D eigenvalue weighted by atomic mass is 17.1. The molecule has 62 heavy (non-hydrogen) atoms. The average Bonchev–Trinajstić information content (AvgIpc) is 3.58. The first-order valence-corrected chi connectivity index (χ1v) is 22.9. The first kappa shape index (κ1) is 52.1. The van der Waals surface area contributed by atoms with Gasteiger partial charge in [0.15, 0.2) is 0 Å². The van der Waals surface area contributed by atoms with Crippen molar-refractivity contribution in [1.29, 1.82) is 0 Å². The van der Waals surface area contributed by atoms with Crippen molar-refractivity contribution in [1.82, 2.24) is 25.3 Å². The SMILES string of the molecule is CC(CCC(=O)O)[C@H]1CCC2C3C(O)CC4CC(NC(=O)CCCCCNC(=O)CN(CCOO)CCN(CCN(CCOO)COO)CC(=O)O)CC[C@]4(C)C3CC(O)[C@@]21C. The van der Waals surface area contributed by atoms with E-state index in [4.69, 9.17) is 15.8 Å². The third-order valence-electron chi connectivity index (χ3n) is 15.6. The predicted octanol–water partition coefficient (Wildman–Crippen LogP) is 2.67. The standard InChI is InChI=1S/C43H77N5O14/c1-29(8-11-39(53)54)32-9-10-33-41-34(25-36(50)43(32,33)3)42(2)13-12-31(23-30(42)24-35(41)49)45-37(51)7-5-4-6-14-44-38(52)26-47(19-21-60-57)16-15-46(27-40(55)56)17-18-48(28-62-59)20-22-61-58/h29-36,41,49-50,57-59H,4-28H2,1-3H3,(H,44,52)(H,45,51)(H,53,54)(H,55,56)/t29?,30?,31?,32-,33?,34?,35?,36?,41?,42+,43-/m1/s1. The van der Waals surface area contributed by atoms with Crippen molar-refractivity contribution in [3.8, 4) is 0 Å². The minimum atomic E-state index is -1.04. The van der Waals surface area contributed by atoms with E-state index in [2.05, 4.69) is 46.1 Å². The van der Waals surface area contributed by atoms with Gasteiger partial charge in [0.25, 0.3) is 0 Å². The molecule has 0 aromatic rings. The van der Waals surface area contributed by atoms with Gasteiger partial charge in [-0.15, -0.1) is 0 Å². The van der Waals surface area contributed by atoms with Gasteiger partial charge >= 0.3 is 11.9 Å². The molecular weight excluding hydrogens is 810 g/mol. The number of hydrogen-bond donors (Lipinski definition) is 9. The van der Waals surface area contributed by atoms with Gasteiger partial charge in [0.2, 0.25) is 11.8 Å². The van der Waals surface area contributed by atoms with Crippen LogP contribution in [0.2, 0.25) is 0 Å². The molecule has 9 N–H and O–H groups in total. The van der Waals surface area contributed by atoms with Crippen LogP contribution in [-0.4, -0.2) is 172 Å². The maximum atomic E-state index is 13.1. The molecule has 4 saturated carbocycles. The molecule has 4 aliphatic carbocycles. The summed E-state index contributed by atoms with van der Waals surface area (Å²) in [6, 6.07) is 0.0336. The monoisotopic (exact) mass is 888 g/mol. The van der Waals surface area contributed by atoms with Crippen molar-refractivity contribution in [2.24, 2.45) is 46.3 Å². The lowest BCUT2D eigenvalue weighted by molar-refractivity contribution is -0.278. The summed E-state index contributed by atoms with van der Waals surface area (Å²) in [6.45, 7) is 8.21. The smallest absolute Gasteiger partial charge is 0.317 e. The Morgan fingerprint density at radius 1 is 0.726 bits per heavy atom. The van der Waals surface area contributed by atoms with E-state index in [9.17, 15) is 39.6 Å². The third kappa shape index (κ3) is 14.2. The van der Waals surface area contributed by atoms with E-state index in [1.54, 1.807) is 14.7 Å². The normalized spacial score (nSPS) is 31.1. The van der Waals surface area contributed by atoms with Gasteiger partial charge in [-0.2, -0.15) is 0 Å². The molecule has 19 heteroatoms. The molecule has 358 valence electrons. The molecule has 0 bridgehead atoms. The molecule has 0 heterocycles. The van der Waals surface area contributed by atoms with Crippen LogP contribution in [0.4, 0.5) is 0 Å². The number of aliphatic hydroxyl groups excluding tert-OH is 2. The Morgan fingerprint density at radius 2 is 1.39 bits per heavy atom. The van der Waals surface area contributed by atoms with E-state index in [0.29, 0.717) is 58.2 Å². The third-order valence-corrected chi connectivity index (χ3v) is 15.6. The lowest BCUT2D eigenvalue weighted by atomic mass is 9.43. The lowest BCUT2D eigenvalue weighted by Gasteiger charge is -2.63. The summed E-state index contributed by atoms with van der Waals surface area (Å²) in [7, 11) is 0. The van der Waals surface area contributed by atoms with Gasteiger partial charge in [-0.25, -0.2) is 14.7 Å². The number of nitrogens with zero attached hydrogens (tertiary/aromatic N) is 3. The van der Waals surface area contributed by atoms with Gasteiger partial charge in [0, 0.05) is 64.7 Å². The quantitative estimate of drug-likeness (QED) is 0.0226. The molecule has 0 saturated heterocycles. The Bertz CT molecular complexity index is 1420. The van der Waals surface area contributed by atoms with Crippen molar-refractivity contribution in [3.63, 3.8) is 0 Å². The Balaban J connectivity index is 1.16. The fraction of sp³-hybridized carbons (Fsp3) is 0.907. The zero-order valence-electron chi connectivity index (χ0n) is 37.2. The maximum Gasteiger partial charge on any atom is 0.317 e. The molecule has 8 unspecified atom stereocenters. The minimum absolute atomic E-state index is 0.00131. The second-order valence-electron chi connectivity index (χ2n) is 19.2. The van der Waals surface area contributed by atoms with Gasteiger partial charge in [0.05, 0.1) is 38.5 Å². The molecule has 0 spiro atoms. The van der Waals surface area contributed by atoms with Gasteiger partial charge < -0.3 is 31.1 Å². The van der Waals surface area contributed by atoms with E-state index in [-0.39, 0.29) is 130 Å². The molecule has 11 atom stereocenters. The highest BCUT2D eigenvalue weighted by Crippen LogP contribution is 2.68. The van der Waals surface area contributed by atoms with Crippen LogP contribution in [0.3, 0.4) is 0 Å². The van der Waals surface area contributed by atoms with Crippen molar-refractivity contribution >= 4 is 23.8 Å². The molecule has 19 nitrogen and oxygen atoms in total. The summed E-state index contributed by atoms with van der Waals surface area (Å²) in [6.07, 6.45) is 8.07. The Hall–Kier alpha value is -2.56. The van der Waals surface area contributed by atoms with Crippen LogP contribution < -0.4 is 10.6 Å². The highest BCUT2D eigenvalue weighted by Gasteiger charge is 2.65. The Morgan fingerprint density at radius 3 is 2.03 bits per heavy atom. The van der Waals surface area contributed by atoms with E-state index in [0.717, 1.165) is 38.5 Å². The number of aliphatic hydroxyl groups is 2. The number of aliphatic carboxylic acids is 2. The van der Waals surface area contributed by atoms with Crippen molar-refractivity contribution in [3.05, 3.63) is 0 Å². The van der Waals surface area contributed by atoms with Crippen molar-refractivity contribution in [2.75, 3.05) is 78.8 Å². The average molecular weight is 888 g/mol. The van der Waals surface area contributed by atoms with Crippen LogP contribution >= 0.6 is 0 Å². The maximum absolute atomic E-state index is 13.1. The molecular formula is C43H77N5O14. The summed E-state index contributed by atoms with van der Waals surface area (Å²) in [5.41, 5.74) is -0.373. The summed E-state index contributed by atoms with van der Waals surface area (Å²) < 4.78 is 0. The number of carboxylic acids is 2. The molecule has 0 radical (unpaired) electrons. The van der Waals surface area contributed by atoms with Gasteiger partial charge in [-0.1, -0.05) is 27.2 Å². The molecule has 0 aromatic carbocycles. The molecule has 4 aliphatic rings. The molecule has 2 amide bonds. The summed E-state index contributed by atoms with van der Waals surface area (Å²) in [4.78, 5) is 66.2. The van der Waals surface area contributed by atoms with E-state index in [1.807, 2.05) is 0 Å². The second kappa shape index (κ2) is 25.2. The van der Waals surface area contributed by atoms with Gasteiger partial charge in [0.1, 0.15) is 6.73 Å². The Labute approximate surface area is 366 Å². The fourth-order valence-electron chi connectivity index (χ4n) is 12.2. The minimum Gasteiger partial charge on any atom is -0.481 e. The molecule has 4 rings (SSSR count). The summed E-state index contributed by atoms with van der Waals surface area (Å²) in [5, 5.41) is 74.9. The van der Waals surface area contributed by atoms with Crippen molar-refractivity contribution in [2.45, 2.75) is 122 Å². The van der Waals surface area contributed by atoms with Crippen LogP contribution in [0.1, 0.15) is 104 Å². The summed E-state index contributed by atoms with van der Waals surface area (Å²) in [5.74, 6) is -0.897. The predicted molar refractivity (Wildman–Crippen MR) is 225 cm³/mol. The molecule has 0 aromatic heterocycles. The van der Waals surface area contributed by atoms with Gasteiger partial charge in [-0.3, -0.25) is 49.6 Å². The topological polar surface area (TPSA) is 271 Å². The van der Waals surface area contributed by atoms with Gasteiger partial charge in [-0.05, 0) is 111 Å². The number of carboxylic acid groups (broad SMARTS) is 2. The number of nitrogens with one attached hydrogen (secondary N) is 2. The van der Waals surface area contributed by atoms with E-state index < -0.39 is 24.1 Å². The number of carbonyl (C=O) groups is 4. The molecule has 4 fully saturated rings. The lowest BCUT2D eigenvalue weighted by Crippen LogP contribution is -2.63. The molecule has 0 aliphatic heterocycles. The highest BCUT2D eigenvalue weighted by molar-refractivity contribution is 5.78. The largest absolute Gasteiger partial charge is 0.481 e. The number of carbonyl (C=O) groups excluding carboxylic acids is 2. The van der Waals surface area contributed by atoms with Crippen LogP contribution in [0.25, 0.3) is 0 Å². The Kier molecular flexibility index (Phi) is 21.2. The second-order valence-corrected chi connectivity index (χ2v) is 19.2. The van der Waals surface area contributed by atoms with Crippen molar-refractivity contribution < 1.29 is 70.0 Å². The van der Waals surface area contributed by atoms with Crippen LogP contribution in [-0.2, 0) is 33.8 Å². The zero-order chi connectivity index (χ0) is 45.5. The summed E-state index contributed by atoms with van der Waals surface area (Å²) >= 11 is 0. The number of fused-ring (bicyclic) bond motifs is 5. The number of unbranched alkanes of at least 4 members (excludes halogenated alkanes) is 2. The van der Waals surface area contributed by atoms with Crippen LogP contribution in [0.5, 0.6) is 0 Å².